The summed E-state index contributed by atoms with van der Waals surface area (Å²) in [5, 5.41) is 4.28. The first-order chi connectivity index (χ1) is 15.1. The molecule has 0 unspecified atom stereocenters. The van der Waals surface area contributed by atoms with Gasteiger partial charge in [-0.2, -0.15) is 5.10 Å². The molecule has 5 heteroatoms. The normalized spacial score (nSPS) is 13.4. The topological polar surface area (TPSA) is 51.0 Å². The Hall–Kier alpha value is -3.73. The van der Waals surface area contributed by atoms with Crippen molar-refractivity contribution in [2.24, 2.45) is 0 Å². The van der Waals surface area contributed by atoms with Crippen molar-refractivity contribution in [1.29, 1.82) is 0 Å². The fourth-order valence-corrected chi connectivity index (χ4v) is 4.18. The second kappa shape index (κ2) is 7.84. The van der Waals surface area contributed by atoms with E-state index < -0.39 is 0 Å². The molecule has 2 aromatic heterocycles. The summed E-state index contributed by atoms with van der Waals surface area (Å²) in [5.41, 5.74) is 7.67. The summed E-state index contributed by atoms with van der Waals surface area (Å²) in [6, 6.07) is 18.5. The molecule has 0 N–H and O–H groups in total. The third-order valence-electron chi connectivity index (χ3n) is 5.92. The molecule has 0 radical (unpaired) electrons. The third-order valence-corrected chi connectivity index (χ3v) is 5.92. The average Bonchev–Trinajstić information content (AvgIpc) is 3.30. The maximum absolute atomic E-state index is 13.3. The van der Waals surface area contributed by atoms with Crippen LogP contribution in [0.5, 0.6) is 0 Å². The van der Waals surface area contributed by atoms with Gasteiger partial charge in [0.1, 0.15) is 5.82 Å². The number of carbonyl (C=O) groups excluding carboxylic acids is 1. The first-order valence-electron chi connectivity index (χ1n) is 10.5. The lowest BCUT2D eigenvalue weighted by Crippen LogP contribution is -2.38. The summed E-state index contributed by atoms with van der Waals surface area (Å²) in [4.78, 5) is 19.5. The Kier molecular flexibility index (Phi) is 4.86. The number of fused-ring (bicyclic) bond motifs is 1. The molecule has 0 spiro atoms. The summed E-state index contributed by atoms with van der Waals surface area (Å²) in [5.74, 6) is 0.765. The van der Waals surface area contributed by atoms with Crippen molar-refractivity contribution in [1.82, 2.24) is 14.8 Å². The van der Waals surface area contributed by atoms with E-state index in [0.29, 0.717) is 6.54 Å². The smallest absolute Gasteiger partial charge is 0.259 e. The highest BCUT2D eigenvalue weighted by molar-refractivity contribution is 6.08. The Morgan fingerprint density at radius 3 is 2.58 bits per heavy atom. The molecule has 4 aromatic rings. The lowest BCUT2D eigenvalue weighted by atomic mass is 9.91. The fraction of sp³-hybridized carbons (Fsp3) is 0.192. The minimum Gasteiger partial charge on any atom is -0.292 e. The van der Waals surface area contributed by atoms with E-state index in [-0.39, 0.29) is 5.91 Å². The van der Waals surface area contributed by atoms with Gasteiger partial charge in [0.05, 0.1) is 5.69 Å². The average molecular weight is 409 g/mol. The Morgan fingerprint density at radius 2 is 1.84 bits per heavy atom. The zero-order chi connectivity index (χ0) is 21.4. The van der Waals surface area contributed by atoms with E-state index in [4.69, 9.17) is 0 Å². The van der Waals surface area contributed by atoms with Crippen molar-refractivity contribution >= 4 is 11.7 Å². The maximum atomic E-state index is 13.3. The van der Waals surface area contributed by atoms with Crippen LogP contribution in [0.3, 0.4) is 0 Å². The van der Waals surface area contributed by atoms with Gasteiger partial charge >= 0.3 is 0 Å². The Morgan fingerprint density at radius 1 is 1.00 bits per heavy atom. The predicted octanol–water partition coefficient (Wildman–Crippen LogP) is 4.68. The summed E-state index contributed by atoms with van der Waals surface area (Å²) in [6.45, 7) is 4.81. The maximum Gasteiger partial charge on any atom is 0.259 e. The first-order valence-corrected chi connectivity index (χ1v) is 10.5. The standard InChI is InChI=1S/C26H24N4O/c1-18-8-11-27-25(14-18)29-13-9-21-15-19(2)22(17-24(21)26(29)31)16-20-4-6-23(7-5-20)30-12-3-10-28-30/h3-8,10-12,14-15,17H,9,13,16H2,1-2H3. The molecule has 0 saturated heterocycles. The second-order valence-corrected chi connectivity index (χ2v) is 8.13. The van der Waals surface area contributed by atoms with Gasteiger partial charge in [-0.1, -0.05) is 18.2 Å². The van der Waals surface area contributed by atoms with Crippen molar-refractivity contribution < 1.29 is 4.79 Å². The zero-order valence-corrected chi connectivity index (χ0v) is 17.7. The van der Waals surface area contributed by atoms with Gasteiger partial charge in [-0.3, -0.25) is 9.69 Å². The van der Waals surface area contributed by atoms with Gasteiger partial charge in [0.2, 0.25) is 0 Å². The molecule has 5 nitrogen and oxygen atoms in total. The van der Waals surface area contributed by atoms with Gasteiger partial charge in [-0.15, -0.1) is 0 Å². The number of nitrogens with zero attached hydrogens (tertiary/aromatic N) is 4. The minimum absolute atomic E-state index is 0.0367. The highest BCUT2D eigenvalue weighted by atomic mass is 16.2. The molecule has 0 atom stereocenters. The number of aryl methyl sites for hydroxylation is 2. The van der Waals surface area contributed by atoms with Crippen LogP contribution in [0.15, 0.2) is 73.2 Å². The molecule has 31 heavy (non-hydrogen) atoms. The van der Waals surface area contributed by atoms with Crippen LogP contribution in [0.25, 0.3) is 5.69 Å². The van der Waals surface area contributed by atoms with E-state index in [1.54, 1.807) is 17.3 Å². The number of amides is 1. The molecular formula is C26H24N4O. The number of benzene rings is 2. The summed E-state index contributed by atoms with van der Waals surface area (Å²) in [6.07, 6.45) is 7.10. The van der Waals surface area contributed by atoms with Gasteiger partial charge in [0.25, 0.3) is 5.91 Å². The molecule has 0 bridgehead atoms. The molecular weight excluding hydrogens is 384 g/mol. The fourth-order valence-electron chi connectivity index (χ4n) is 4.18. The predicted molar refractivity (Wildman–Crippen MR) is 122 cm³/mol. The van der Waals surface area contributed by atoms with E-state index in [1.807, 2.05) is 36.0 Å². The lowest BCUT2D eigenvalue weighted by molar-refractivity contribution is 0.0979. The molecule has 3 heterocycles. The van der Waals surface area contributed by atoms with Gasteiger partial charge < -0.3 is 0 Å². The molecule has 0 aliphatic carbocycles. The van der Waals surface area contributed by atoms with Crippen molar-refractivity contribution in [3.05, 3.63) is 107 Å². The van der Waals surface area contributed by atoms with Crippen LogP contribution in [0.2, 0.25) is 0 Å². The first kappa shape index (κ1) is 19.2. The Bertz CT molecular complexity index is 1240. The third kappa shape index (κ3) is 3.75. The monoisotopic (exact) mass is 408 g/mol. The Labute approximate surface area is 182 Å². The van der Waals surface area contributed by atoms with Crippen LogP contribution in [0.1, 0.15) is 38.2 Å². The van der Waals surface area contributed by atoms with E-state index >= 15 is 0 Å². The summed E-state index contributed by atoms with van der Waals surface area (Å²) < 4.78 is 1.85. The van der Waals surface area contributed by atoms with E-state index in [0.717, 1.165) is 41.0 Å². The number of hydrogen-bond donors (Lipinski definition) is 0. The SMILES string of the molecule is Cc1ccnc(N2CCc3cc(C)c(Cc4ccc(-n5cccn5)cc4)cc3C2=O)c1. The van der Waals surface area contributed by atoms with Gasteiger partial charge in [0, 0.05) is 30.7 Å². The number of hydrogen-bond acceptors (Lipinski definition) is 3. The van der Waals surface area contributed by atoms with Crippen LogP contribution in [0.4, 0.5) is 5.82 Å². The van der Waals surface area contributed by atoms with Gasteiger partial charge in [-0.25, -0.2) is 9.67 Å². The number of carbonyl (C=O) groups is 1. The van der Waals surface area contributed by atoms with Crippen molar-refractivity contribution in [2.75, 3.05) is 11.4 Å². The molecule has 154 valence electrons. The quantitative estimate of drug-likeness (QED) is 0.493. The second-order valence-electron chi connectivity index (χ2n) is 8.13. The van der Waals surface area contributed by atoms with Crippen LogP contribution >= 0.6 is 0 Å². The van der Waals surface area contributed by atoms with Crippen LogP contribution < -0.4 is 4.90 Å². The Balaban J connectivity index is 1.42. The molecule has 2 aromatic carbocycles. The van der Waals surface area contributed by atoms with Crippen LogP contribution in [-0.2, 0) is 12.8 Å². The molecule has 1 aliphatic heterocycles. The van der Waals surface area contributed by atoms with E-state index in [1.165, 1.54) is 16.7 Å². The highest BCUT2D eigenvalue weighted by Crippen LogP contribution is 2.27. The molecule has 5 rings (SSSR count). The summed E-state index contributed by atoms with van der Waals surface area (Å²) >= 11 is 0. The van der Waals surface area contributed by atoms with Crippen molar-refractivity contribution in [3.63, 3.8) is 0 Å². The van der Waals surface area contributed by atoms with Gasteiger partial charge in [-0.05, 0) is 90.9 Å². The van der Waals surface area contributed by atoms with Crippen LogP contribution in [0, 0.1) is 13.8 Å². The molecule has 1 amide bonds. The van der Waals surface area contributed by atoms with Gasteiger partial charge in [0.15, 0.2) is 0 Å². The number of pyridine rings is 1. The van der Waals surface area contributed by atoms with E-state index in [9.17, 15) is 4.79 Å². The largest absolute Gasteiger partial charge is 0.292 e. The summed E-state index contributed by atoms with van der Waals surface area (Å²) in [7, 11) is 0. The van der Waals surface area contributed by atoms with Crippen molar-refractivity contribution in [2.45, 2.75) is 26.7 Å². The molecule has 0 saturated carbocycles. The highest BCUT2D eigenvalue weighted by Gasteiger charge is 2.27. The molecule has 0 fully saturated rings. The number of aromatic nitrogens is 3. The number of anilines is 1. The van der Waals surface area contributed by atoms with E-state index in [2.05, 4.69) is 53.4 Å². The zero-order valence-electron chi connectivity index (χ0n) is 17.7. The molecule has 1 aliphatic rings. The number of rotatable bonds is 4. The van der Waals surface area contributed by atoms with Crippen LogP contribution in [-0.4, -0.2) is 27.2 Å². The lowest BCUT2D eigenvalue weighted by Gasteiger charge is -2.29. The minimum atomic E-state index is 0.0367. The van der Waals surface area contributed by atoms with Crippen molar-refractivity contribution in [3.8, 4) is 5.69 Å².